The minimum atomic E-state index is -3.64. The molecular weight excluding hydrogens is 440 g/mol. The molecule has 3 aliphatic rings. The van der Waals surface area contributed by atoms with Gasteiger partial charge in [0.25, 0.3) is 5.91 Å². The first-order valence-corrected chi connectivity index (χ1v) is 12.9. The van der Waals surface area contributed by atoms with Gasteiger partial charge in [0.2, 0.25) is 10.0 Å². The van der Waals surface area contributed by atoms with Crippen LogP contribution in [-0.4, -0.2) is 44.3 Å². The Hall–Kier alpha value is -1.64. The van der Waals surface area contributed by atoms with Gasteiger partial charge >= 0.3 is 5.97 Å². The number of carbonyl (C=O) groups is 2. The number of sulfonamides is 1. The SMILES string of the molecule is O=C(COC(=O)C[C@H]1C[C@H]2CC[C@H]1C2)Nc1cc(S(=O)(=O)N2CCCCC2)ccc1Cl. The van der Waals surface area contributed by atoms with E-state index in [0.717, 1.165) is 31.6 Å². The van der Waals surface area contributed by atoms with E-state index in [4.69, 9.17) is 16.3 Å². The molecule has 31 heavy (non-hydrogen) atoms. The Balaban J connectivity index is 1.32. The van der Waals surface area contributed by atoms with Crippen LogP contribution in [0.15, 0.2) is 23.1 Å². The average molecular weight is 469 g/mol. The molecule has 2 aliphatic carbocycles. The number of benzene rings is 1. The van der Waals surface area contributed by atoms with Gasteiger partial charge in [-0.05, 0) is 68.1 Å². The fraction of sp³-hybridized carbons (Fsp3) is 0.636. The fourth-order valence-corrected chi connectivity index (χ4v) is 6.96. The van der Waals surface area contributed by atoms with Gasteiger partial charge in [-0.25, -0.2) is 8.42 Å². The van der Waals surface area contributed by atoms with Crippen LogP contribution in [-0.2, 0) is 24.3 Å². The predicted molar refractivity (Wildman–Crippen MR) is 117 cm³/mol. The lowest BCUT2D eigenvalue weighted by Gasteiger charge is -2.26. The van der Waals surface area contributed by atoms with Crippen molar-refractivity contribution in [2.45, 2.75) is 56.3 Å². The van der Waals surface area contributed by atoms with Gasteiger partial charge in [-0.2, -0.15) is 4.31 Å². The van der Waals surface area contributed by atoms with E-state index < -0.39 is 22.5 Å². The zero-order valence-electron chi connectivity index (χ0n) is 17.5. The fourth-order valence-electron chi connectivity index (χ4n) is 5.25. The summed E-state index contributed by atoms with van der Waals surface area (Å²) in [4.78, 5) is 24.5. The maximum Gasteiger partial charge on any atom is 0.306 e. The van der Waals surface area contributed by atoms with Gasteiger partial charge < -0.3 is 10.1 Å². The first-order valence-electron chi connectivity index (χ1n) is 11.1. The van der Waals surface area contributed by atoms with Crippen molar-refractivity contribution in [3.05, 3.63) is 23.2 Å². The molecule has 2 saturated carbocycles. The topological polar surface area (TPSA) is 92.8 Å². The lowest BCUT2D eigenvalue weighted by molar-refractivity contribution is -0.148. The average Bonchev–Trinajstić information content (AvgIpc) is 3.37. The molecule has 1 aromatic carbocycles. The summed E-state index contributed by atoms with van der Waals surface area (Å²) < 4.78 is 32.4. The lowest BCUT2D eigenvalue weighted by atomic mass is 9.86. The summed E-state index contributed by atoms with van der Waals surface area (Å²) in [7, 11) is -3.64. The summed E-state index contributed by atoms with van der Waals surface area (Å²) in [5, 5.41) is 2.79. The molecule has 3 fully saturated rings. The molecule has 1 saturated heterocycles. The number of anilines is 1. The molecule has 7 nitrogen and oxygen atoms in total. The molecule has 170 valence electrons. The van der Waals surface area contributed by atoms with Gasteiger partial charge in [-0.3, -0.25) is 9.59 Å². The molecule has 1 heterocycles. The number of hydrogen-bond acceptors (Lipinski definition) is 5. The second kappa shape index (κ2) is 9.46. The highest BCUT2D eigenvalue weighted by molar-refractivity contribution is 7.89. The van der Waals surface area contributed by atoms with Gasteiger partial charge in [0.15, 0.2) is 6.61 Å². The molecule has 0 radical (unpaired) electrons. The maximum atomic E-state index is 12.9. The van der Waals surface area contributed by atoms with Gasteiger partial charge in [-0.15, -0.1) is 0 Å². The zero-order valence-corrected chi connectivity index (χ0v) is 19.1. The summed E-state index contributed by atoms with van der Waals surface area (Å²) in [6.45, 7) is 0.565. The summed E-state index contributed by atoms with van der Waals surface area (Å²) >= 11 is 6.16. The monoisotopic (exact) mass is 468 g/mol. The summed E-state index contributed by atoms with van der Waals surface area (Å²) in [5.41, 5.74) is 0.189. The minimum absolute atomic E-state index is 0.0855. The summed E-state index contributed by atoms with van der Waals surface area (Å²) in [6.07, 6.45) is 7.82. The summed E-state index contributed by atoms with van der Waals surface area (Å²) in [6, 6.07) is 4.26. The number of carbonyl (C=O) groups excluding carboxylic acids is 2. The largest absolute Gasteiger partial charge is 0.456 e. The van der Waals surface area contributed by atoms with Crippen LogP contribution in [0.2, 0.25) is 5.02 Å². The van der Waals surface area contributed by atoms with Crippen molar-refractivity contribution in [3.63, 3.8) is 0 Å². The Kier molecular flexibility index (Phi) is 6.89. The molecule has 1 amide bonds. The molecule has 0 unspecified atom stereocenters. The first-order chi connectivity index (χ1) is 14.8. The first kappa shape index (κ1) is 22.6. The van der Waals surface area contributed by atoms with Crippen LogP contribution in [0.25, 0.3) is 0 Å². The van der Waals surface area contributed by atoms with Crippen LogP contribution in [0.3, 0.4) is 0 Å². The van der Waals surface area contributed by atoms with E-state index in [0.29, 0.717) is 31.3 Å². The second-order valence-electron chi connectivity index (χ2n) is 8.95. The standard InChI is InChI=1S/C22H29ClN2O5S/c23-19-7-6-18(31(28,29)25-8-2-1-3-9-25)13-20(19)24-21(26)14-30-22(27)12-17-11-15-4-5-16(17)10-15/h6-7,13,15-17H,1-5,8-12,14H2,(H,24,26)/t15-,16-,17+/m0/s1. The van der Waals surface area contributed by atoms with E-state index in [-0.39, 0.29) is 21.6 Å². The van der Waals surface area contributed by atoms with E-state index in [1.54, 1.807) is 0 Å². The quantitative estimate of drug-likeness (QED) is 0.614. The van der Waals surface area contributed by atoms with Crippen molar-refractivity contribution in [2.75, 3.05) is 25.0 Å². The van der Waals surface area contributed by atoms with Crippen LogP contribution in [0.4, 0.5) is 5.69 Å². The van der Waals surface area contributed by atoms with Crippen LogP contribution in [0.1, 0.15) is 51.4 Å². The Labute approximate surface area is 188 Å². The van der Waals surface area contributed by atoms with Crippen LogP contribution in [0.5, 0.6) is 0 Å². The van der Waals surface area contributed by atoms with E-state index in [1.165, 1.54) is 41.8 Å². The molecule has 1 aliphatic heterocycles. The molecule has 0 aromatic heterocycles. The summed E-state index contributed by atoms with van der Waals surface area (Å²) in [5.74, 6) is 0.841. The number of ether oxygens (including phenoxy) is 1. The Morgan fingerprint density at radius 2 is 1.90 bits per heavy atom. The maximum absolute atomic E-state index is 12.9. The Morgan fingerprint density at radius 1 is 1.13 bits per heavy atom. The number of halogens is 1. The number of amides is 1. The van der Waals surface area contributed by atoms with Crippen LogP contribution in [0, 0.1) is 17.8 Å². The molecule has 4 rings (SSSR count). The number of fused-ring (bicyclic) bond motifs is 2. The van der Waals surface area contributed by atoms with Gasteiger partial charge in [0, 0.05) is 19.5 Å². The van der Waals surface area contributed by atoms with E-state index >= 15 is 0 Å². The molecule has 2 bridgehead atoms. The third kappa shape index (κ3) is 5.23. The van der Waals surface area contributed by atoms with Crippen molar-refractivity contribution >= 4 is 39.2 Å². The Bertz CT molecular complexity index is 945. The second-order valence-corrected chi connectivity index (χ2v) is 11.3. The smallest absolute Gasteiger partial charge is 0.306 e. The number of piperidine rings is 1. The number of nitrogens with one attached hydrogen (secondary N) is 1. The highest BCUT2D eigenvalue weighted by Gasteiger charge is 2.40. The Morgan fingerprint density at radius 3 is 2.58 bits per heavy atom. The van der Waals surface area contributed by atoms with Crippen LogP contribution >= 0.6 is 11.6 Å². The predicted octanol–water partition coefficient (Wildman–Crippen LogP) is 3.82. The highest BCUT2D eigenvalue weighted by atomic mass is 35.5. The van der Waals surface area contributed by atoms with Crippen molar-refractivity contribution < 1.29 is 22.7 Å². The lowest BCUT2D eigenvalue weighted by Crippen LogP contribution is -2.35. The third-order valence-electron chi connectivity index (χ3n) is 6.84. The molecule has 3 atom stereocenters. The van der Waals surface area contributed by atoms with Crippen molar-refractivity contribution in [1.29, 1.82) is 0 Å². The van der Waals surface area contributed by atoms with Gasteiger partial charge in [0.05, 0.1) is 15.6 Å². The number of rotatable bonds is 7. The molecule has 1 aromatic rings. The van der Waals surface area contributed by atoms with Gasteiger partial charge in [0.1, 0.15) is 0 Å². The zero-order chi connectivity index (χ0) is 22.0. The van der Waals surface area contributed by atoms with Crippen LogP contribution < -0.4 is 5.32 Å². The molecule has 0 spiro atoms. The number of hydrogen-bond donors (Lipinski definition) is 1. The number of esters is 1. The minimum Gasteiger partial charge on any atom is -0.456 e. The van der Waals surface area contributed by atoms with Crippen molar-refractivity contribution in [2.24, 2.45) is 17.8 Å². The van der Waals surface area contributed by atoms with Gasteiger partial charge in [-0.1, -0.05) is 24.4 Å². The normalized spacial score (nSPS) is 26.0. The molecule has 1 N–H and O–H groups in total. The number of nitrogens with zero attached hydrogens (tertiary/aromatic N) is 1. The van der Waals surface area contributed by atoms with Crippen molar-refractivity contribution in [3.8, 4) is 0 Å². The molecular formula is C22H29ClN2O5S. The third-order valence-corrected chi connectivity index (χ3v) is 9.07. The van der Waals surface area contributed by atoms with Crippen molar-refractivity contribution in [1.82, 2.24) is 4.31 Å². The van der Waals surface area contributed by atoms with E-state index in [2.05, 4.69) is 5.32 Å². The molecule has 9 heteroatoms. The highest BCUT2D eigenvalue weighted by Crippen LogP contribution is 2.49. The van der Waals surface area contributed by atoms with E-state index in [9.17, 15) is 18.0 Å². The van der Waals surface area contributed by atoms with E-state index in [1.807, 2.05) is 0 Å².